The Kier molecular flexibility index (Phi) is 7.85. The Morgan fingerprint density at radius 3 is 1.97 bits per heavy atom. The predicted octanol–water partition coefficient (Wildman–Crippen LogP) is 13.4. The Bertz CT molecular complexity index is 3320. The van der Waals surface area contributed by atoms with E-state index in [-0.39, 0.29) is 5.41 Å². The number of benzene rings is 7. The number of ether oxygens (including phenoxy) is 1. The van der Waals surface area contributed by atoms with Crippen molar-refractivity contribution in [2.75, 3.05) is 11.9 Å². The van der Waals surface area contributed by atoms with Gasteiger partial charge in [0.2, 0.25) is 6.34 Å². The highest BCUT2D eigenvalue weighted by Crippen LogP contribution is 2.44. The summed E-state index contributed by atoms with van der Waals surface area (Å²) in [6, 6.07) is 60.0. The first-order valence-electron chi connectivity index (χ1n) is 20.1. The quantitative estimate of drug-likeness (QED) is 0.132. The van der Waals surface area contributed by atoms with Gasteiger partial charge in [-0.15, -0.1) is 0 Å². The van der Waals surface area contributed by atoms with E-state index in [1.807, 2.05) is 12.3 Å². The zero-order valence-corrected chi connectivity index (χ0v) is 33.4. The number of hydrogen-bond acceptors (Lipinski definition) is 3. The maximum Gasteiger partial charge on any atom is 0.245 e. The topological polar surface area (TPSA) is 38.2 Å². The molecule has 4 heterocycles. The Morgan fingerprint density at radius 1 is 0.542 bits per heavy atom. The summed E-state index contributed by atoms with van der Waals surface area (Å²) in [7, 11) is 2.08. The summed E-state index contributed by atoms with van der Waals surface area (Å²) in [5.41, 5.74) is 12.0. The lowest BCUT2D eigenvalue weighted by atomic mass is 9.88. The summed E-state index contributed by atoms with van der Waals surface area (Å²) in [4.78, 5) is 7.04. The Morgan fingerprint density at radius 2 is 1.17 bits per heavy atom. The SMILES string of the molecule is C[N+]1=[C-]N(c2cccc(Oc3ccc4c5ccccc5n(-c5cc(C(C)(C)C)ccn5)c4c3)c2)c2ccccc2-c2ccccc2-n2c3ccccc3c3cccc1c32. The zero-order chi connectivity index (χ0) is 39.8. The van der Waals surface area contributed by atoms with Gasteiger partial charge < -0.3 is 18.8 Å². The molecule has 0 aliphatic carbocycles. The number of para-hydroxylation sites is 5. The first-order chi connectivity index (χ1) is 28.8. The fourth-order valence-corrected chi connectivity index (χ4v) is 8.86. The molecule has 284 valence electrons. The van der Waals surface area contributed by atoms with Crippen molar-refractivity contribution in [2.24, 2.45) is 0 Å². The van der Waals surface area contributed by atoms with Gasteiger partial charge in [-0.2, -0.15) is 0 Å². The van der Waals surface area contributed by atoms with Gasteiger partial charge in [0.05, 0.1) is 51.9 Å². The Labute approximate surface area is 343 Å². The summed E-state index contributed by atoms with van der Waals surface area (Å²) in [6.45, 7) is 6.71. The van der Waals surface area contributed by atoms with Crippen molar-refractivity contribution in [3.05, 3.63) is 182 Å². The highest BCUT2D eigenvalue weighted by Gasteiger charge is 2.24. The third kappa shape index (κ3) is 5.63. The number of nitrogens with zero attached hydrogens (tertiary/aromatic N) is 5. The van der Waals surface area contributed by atoms with Crippen LogP contribution in [0, 0.1) is 0 Å². The van der Waals surface area contributed by atoms with Crippen LogP contribution in [0.4, 0.5) is 17.1 Å². The van der Waals surface area contributed by atoms with E-state index in [0.29, 0.717) is 0 Å². The van der Waals surface area contributed by atoms with Crippen LogP contribution in [0.15, 0.2) is 176 Å². The minimum absolute atomic E-state index is 0.0124. The van der Waals surface area contributed by atoms with Crippen LogP contribution in [0.3, 0.4) is 0 Å². The van der Waals surface area contributed by atoms with Gasteiger partial charge in [-0.1, -0.05) is 130 Å². The summed E-state index contributed by atoms with van der Waals surface area (Å²) < 4.78 is 13.6. The average molecular weight is 764 g/mol. The molecule has 0 unspecified atom stereocenters. The summed E-state index contributed by atoms with van der Waals surface area (Å²) in [5.74, 6) is 2.35. The van der Waals surface area contributed by atoms with Crippen LogP contribution in [-0.2, 0) is 5.41 Å². The fourth-order valence-electron chi connectivity index (χ4n) is 8.86. The molecule has 59 heavy (non-hydrogen) atoms. The monoisotopic (exact) mass is 763 g/mol. The van der Waals surface area contributed by atoms with E-state index in [0.717, 1.165) is 73.1 Å². The molecular formula is C53H41N5O. The third-order valence-electron chi connectivity index (χ3n) is 11.7. The molecule has 6 heteroatoms. The van der Waals surface area contributed by atoms with E-state index in [1.54, 1.807) is 0 Å². The first kappa shape index (κ1) is 34.8. The lowest BCUT2D eigenvalue weighted by Crippen LogP contribution is -2.22. The molecule has 3 aromatic heterocycles. The number of fused-ring (bicyclic) bond motifs is 10. The molecule has 7 aromatic carbocycles. The molecule has 0 amide bonds. The second-order valence-electron chi connectivity index (χ2n) is 16.3. The van der Waals surface area contributed by atoms with E-state index < -0.39 is 0 Å². The minimum atomic E-state index is -0.0124. The van der Waals surface area contributed by atoms with Crippen LogP contribution >= 0.6 is 0 Å². The second-order valence-corrected chi connectivity index (χ2v) is 16.3. The normalized spacial score (nSPS) is 12.8. The molecule has 0 fully saturated rings. The van der Waals surface area contributed by atoms with Gasteiger partial charge in [-0.25, -0.2) is 4.98 Å². The van der Waals surface area contributed by atoms with Gasteiger partial charge in [0, 0.05) is 39.4 Å². The van der Waals surface area contributed by atoms with Crippen molar-refractivity contribution in [1.82, 2.24) is 14.1 Å². The third-order valence-corrected chi connectivity index (χ3v) is 11.7. The number of aromatic nitrogens is 3. The highest BCUT2D eigenvalue weighted by molar-refractivity contribution is 6.13. The molecule has 0 spiro atoms. The van der Waals surface area contributed by atoms with E-state index in [4.69, 9.17) is 9.72 Å². The van der Waals surface area contributed by atoms with Crippen LogP contribution < -0.4 is 9.64 Å². The van der Waals surface area contributed by atoms with Gasteiger partial charge in [-0.05, 0) is 71.1 Å². The molecule has 0 saturated carbocycles. The molecule has 0 bridgehead atoms. The van der Waals surface area contributed by atoms with Crippen molar-refractivity contribution < 1.29 is 9.31 Å². The van der Waals surface area contributed by atoms with E-state index in [9.17, 15) is 0 Å². The molecule has 1 aliphatic rings. The van der Waals surface area contributed by atoms with Crippen molar-refractivity contribution in [3.63, 3.8) is 0 Å². The smallest absolute Gasteiger partial charge is 0.245 e. The largest absolute Gasteiger partial charge is 0.458 e. The molecule has 11 rings (SSSR count). The maximum atomic E-state index is 6.78. The Balaban J connectivity index is 1.06. The summed E-state index contributed by atoms with van der Waals surface area (Å²) in [6.07, 6.45) is 5.71. The number of rotatable bonds is 4. The van der Waals surface area contributed by atoms with Crippen LogP contribution in [-0.4, -0.2) is 32.1 Å². The summed E-state index contributed by atoms with van der Waals surface area (Å²) >= 11 is 0. The van der Waals surface area contributed by atoms with Crippen molar-refractivity contribution >= 4 is 67.0 Å². The number of anilines is 2. The molecule has 0 N–H and O–H groups in total. The highest BCUT2D eigenvalue weighted by atomic mass is 16.5. The van der Waals surface area contributed by atoms with Gasteiger partial charge in [0.1, 0.15) is 17.3 Å². The predicted molar refractivity (Wildman–Crippen MR) is 243 cm³/mol. The van der Waals surface area contributed by atoms with Crippen LogP contribution in [0.1, 0.15) is 26.3 Å². The van der Waals surface area contributed by atoms with Gasteiger partial charge in [0.25, 0.3) is 0 Å². The molecule has 0 atom stereocenters. The van der Waals surface area contributed by atoms with Gasteiger partial charge >= 0.3 is 0 Å². The standard InChI is InChI=1S/C53H41N5O/c1-53(2,3)35-29-30-54-51(31-35)57-46-23-10-6-19-41(46)43-28-27-38(33-50(43)57)59-37-16-13-15-36(32-37)56-34-55(4)49-26-14-21-44-42-20-8-12-25-48(42)58(52(44)49)47-24-11-7-18-40(47)39-17-5-9-22-45(39)56/h5-33H,1-4H3. The first-order valence-corrected chi connectivity index (χ1v) is 20.1. The fraction of sp³-hybridized carbons (Fsp3) is 0.0943. The number of pyridine rings is 1. The minimum Gasteiger partial charge on any atom is -0.458 e. The average Bonchev–Trinajstić information content (AvgIpc) is 3.78. The molecular weight excluding hydrogens is 723 g/mol. The molecule has 6 nitrogen and oxygen atoms in total. The lowest BCUT2D eigenvalue weighted by Gasteiger charge is -2.27. The molecule has 0 saturated heterocycles. The second kappa shape index (κ2) is 13.3. The van der Waals surface area contributed by atoms with Gasteiger partial charge in [-0.3, -0.25) is 4.57 Å². The molecule has 10 aromatic rings. The van der Waals surface area contributed by atoms with Crippen LogP contribution in [0.5, 0.6) is 11.5 Å². The van der Waals surface area contributed by atoms with Crippen LogP contribution in [0.2, 0.25) is 0 Å². The number of hydrogen-bond donors (Lipinski definition) is 0. The maximum absolute atomic E-state index is 6.78. The van der Waals surface area contributed by atoms with E-state index in [1.165, 1.54) is 27.2 Å². The van der Waals surface area contributed by atoms with Gasteiger partial charge in [0.15, 0.2) is 0 Å². The Hall–Kier alpha value is -7.44. The van der Waals surface area contributed by atoms with Crippen molar-refractivity contribution in [3.8, 4) is 34.1 Å². The zero-order valence-electron chi connectivity index (χ0n) is 33.4. The molecule has 1 aliphatic heterocycles. The van der Waals surface area contributed by atoms with E-state index >= 15 is 0 Å². The van der Waals surface area contributed by atoms with Crippen molar-refractivity contribution in [1.29, 1.82) is 0 Å². The van der Waals surface area contributed by atoms with Crippen LogP contribution in [0.25, 0.3) is 66.2 Å². The van der Waals surface area contributed by atoms with E-state index in [2.05, 4.69) is 217 Å². The van der Waals surface area contributed by atoms with Crippen molar-refractivity contribution in [2.45, 2.75) is 26.2 Å². The summed E-state index contributed by atoms with van der Waals surface area (Å²) in [5, 5.41) is 4.74. The molecule has 0 radical (unpaired) electrons. The lowest BCUT2D eigenvalue weighted by molar-refractivity contribution is -0.398.